The van der Waals surface area contributed by atoms with E-state index in [1.54, 1.807) is 38.4 Å². The number of hydrogen-bond donors (Lipinski definition) is 1. The summed E-state index contributed by atoms with van der Waals surface area (Å²) in [5.41, 5.74) is 1.34. The van der Waals surface area contributed by atoms with Gasteiger partial charge in [0.15, 0.2) is 11.6 Å². The van der Waals surface area contributed by atoms with Gasteiger partial charge in [0, 0.05) is 25.3 Å². The Kier molecular flexibility index (Phi) is 5.05. The van der Waals surface area contributed by atoms with Crippen molar-refractivity contribution in [2.75, 3.05) is 19.4 Å². The van der Waals surface area contributed by atoms with E-state index in [2.05, 4.69) is 5.32 Å². The van der Waals surface area contributed by atoms with Crippen LogP contribution >= 0.6 is 0 Å². The summed E-state index contributed by atoms with van der Waals surface area (Å²) in [7, 11) is 3.36. The van der Waals surface area contributed by atoms with Gasteiger partial charge in [-0.05, 0) is 35.9 Å². The van der Waals surface area contributed by atoms with E-state index in [-0.39, 0.29) is 17.9 Å². The molecule has 0 spiro atoms. The topological polar surface area (TPSA) is 49.4 Å². The van der Waals surface area contributed by atoms with E-state index >= 15 is 0 Å². The Morgan fingerprint density at radius 3 is 2.22 bits per heavy atom. The summed E-state index contributed by atoms with van der Waals surface area (Å²) in [5, 5.41) is 2.58. The van der Waals surface area contributed by atoms with Crippen LogP contribution in [-0.2, 0) is 11.2 Å². The largest absolute Gasteiger partial charge is 0.349 e. The summed E-state index contributed by atoms with van der Waals surface area (Å²) >= 11 is 0. The van der Waals surface area contributed by atoms with Crippen LogP contribution in [0.3, 0.4) is 0 Å². The normalized spacial score (nSPS) is 10.3. The molecular weight excluding hydrogens is 302 g/mol. The molecule has 0 radical (unpaired) electrons. The number of hydrogen-bond acceptors (Lipinski definition) is 2. The predicted molar refractivity (Wildman–Crippen MR) is 83.2 cm³/mol. The SMILES string of the molecule is CN(C)C(=O)Cc1ccc(NC(=O)c2ccc(F)c(F)c2)cc1. The summed E-state index contributed by atoms with van der Waals surface area (Å²) in [5.74, 6) is -2.64. The monoisotopic (exact) mass is 318 g/mol. The molecule has 23 heavy (non-hydrogen) atoms. The molecule has 0 bridgehead atoms. The molecule has 120 valence electrons. The fourth-order valence-corrected chi connectivity index (χ4v) is 1.88. The van der Waals surface area contributed by atoms with Gasteiger partial charge in [0.05, 0.1) is 6.42 Å². The predicted octanol–water partition coefficient (Wildman–Crippen LogP) is 2.85. The molecule has 4 nitrogen and oxygen atoms in total. The average Bonchev–Trinajstić information content (AvgIpc) is 2.51. The number of carbonyl (C=O) groups excluding carboxylic acids is 2. The van der Waals surface area contributed by atoms with Gasteiger partial charge in [-0.2, -0.15) is 0 Å². The summed E-state index contributed by atoms with van der Waals surface area (Å²) < 4.78 is 26.0. The van der Waals surface area contributed by atoms with Gasteiger partial charge in [-0.25, -0.2) is 8.78 Å². The van der Waals surface area contributed by atoms with E-state index in [0.29, 0.717) is 5.69 Å². The Bertz CT molecular complexity index is 728. The first-order valence-electron chi connectivity index (χ1n) is 6.92. The Hall–Kier alpha value is -2.76. The van der Waals surface area contributed by atoms with Crippen LogP contribution in [0.2, 0.25) is 0 Å². The van der Waals surface area contributed by atoms with Crippen molar-refractivity contribution < 1.29 is 18.4 Å². The highest BCUT2D eigenvalue weighted by atomic mass is 19.2. The van der Waals surface area contributed by atoms with Gasteiger partial charge in [0.1, 0.15) is 0 Å². The number of halogens is 2. The second-order valence-electron chi connectivity index (χ2n) is 5.24. The van der Waals surface area contributed by atoms with Crippen molar-refractivity contribution in [3.8, 4) is 0 Å². The van der Waals surface area contributed by atoms with Gasteiger partial charge in [0.25, 0.3) is 5.91 Å². The molecule has 0 unspecified atom stereocenters. The van der Waals surface area contributed by atoms with Crippen molar-refractivity contribution in [2.45, 2.75) is 6.42 Å². The highest BCUT2D eigenvalue weighted by Gasteiger charge is 2.10. The highest BCUT2D eigenvalue weighted by molar-refractivity contribution is 6.04. The second kappa shape index (κ2) is 7.00. The molecule has 0 aliphatic heterocycles. The van der Waals surface area contributed by atoms with Crippen LogP contribution in [0.15, 0.2) is 42.5 Å². The van der Waals surface area contributed by atoms with E-state index in [0.717, 1.165) is 17.7 Å². The number of carbonyl (C=O) groups is 2. The van der Waals surface area contributed by atoms with Crippen molar-refractivity contribution in [3.63, 3.8) is 0 Å². The lowest BCUT2D eigenvalue weighted by Crippen LogP contribution is -2.23. The summed E-state index contributed by atoms with van der Waals surface area (Å²) in [4.78, 5) is 25.1. The zero-order chi connectivity index (χ0) is 17.0. The molecular formula is C17H16F2N2O2. The van der Waals surface area contributed by atoms with Crippen LogP contribution in [0.5, 0.6) is 0 Å². The van der Waals surface area contributed by atoms with Gasteiger partial charge in [-0.15, -0.1) is 0 Å². The van der Waals surface area contributed by atoms with Crippen LogP contribution in [-0.4, -0.2) is 30.8 Å². The zero-order valence-electron chi connectivity index (χ0n) is 12.8. The van der Waals surface area contributed by atoms with E-state index in [4.69, 9.17) is 0 Å². The maximum absolute atomic E-state index is 13.1. The van der Waals surface area contributed by atoms with Crippen LogP contribution in [0, 0.1) is 11.6 Å². The van der Waals surface area contributed by atoms with Gasteiger partial charge in [0.2, 0.25) is 5.91 Å². The molecule has 0 aromatic heterocycles. The standard InChI is InChI=1S/C17H16F2N2O2/c1-21(2)16(22)9-11-3-6-13(7-4-11)20-17(23)12-5-8-14(18)15(19)10-12/h3-8,10H,9H2,1-2H3,(H,20,23). The first-order chi connectivity index (χ1) is 10.9. The molecule has 2 amide bonds. The summed E-state index contributed by atoms with van der Waals surface area (Å²) in [6.07, 6.45) is 0.268. The van der Waals surface area contributed by atoms with Gasteiger partial charge < -0.3 is 10.2 Å². The van der Waals surface area contributed by atoms with Crippen LogP contribution in [0.4, 0.5) is 14.5 Å². The molecule has 0 saturated carbocycles. The van der Waals surface area contributed by atoms with Crippen molar-refractivity contribution in [1.29, 1.82) is 0 Å². The van der Waals surface area contributed by atoms with Crippen molar-refractivity contribution in [3.05, 3.63) is 65.2 Å². The van der Waals surface area contributed by atoms with E-state index < -0.39 is 17.5 Å². The smallest absolute Gasteiger partial charge is 0.255 e. The van der Waals surface area contributed by atoms with Crippen molar-refractivity contribution >= 4 is 17.5 Å². The van der Waals surface area contributed by atoms with E-state index in [1.165, 1.54) is 11.0 Å². The van der Waals surface area contributed by atoms with Gasteiger partial charge >= 0.3 is 0 Å². The molecule has 1 N–H and O–H groups in total. The molecule has 0 aliphatic carbocycles. The number of anilines is 1. The third kappa shape index (κ3) is 4.35. The molecule has 2 aromatic rings. The van der Waals surface area contributed by atoms with E-state index in [9.17, 15) is 18.4 Å². The van der Waals surface area contributed by atoms with Crippen LogP contribution in [0.25, 0.3) is 0 Å². The summed E-state index contributed by atoms with van der Waals surface area (Å²) in [6.45, 7) is 0. The third-order valence-electron chi connectivity index (χ3n) is 3.25. The minimum absolute atomic E-state index is 0.0239. The number of nitrogens with zero attached hydrogens (tertiary/aromatic N) is 1. The lowest BCUT2D eigenvalue weighted by atomic mass is 10.1. The zero-order valence-corrected chi connectivity index (χ0v) is 12.8. The number of nitrogens with one attached hydrogen (secondary N) is 1. The highest BCUT2D eigenvalue weighted by Crippen LogP contribution is 2.14. The minimum atomic E-state index is -1.07. The molecule has 2 aromatic carbocycles. The Labute approximate surface area is 132 Å². The Morgan fingerprint density at radius 1 is 1.00 bits per heavy atom. The number of rotatable bonds is 4. The van der Waals surface area contributed by atoms with E-state index in [1.807, 2.05) is 0 Å². The maximum atomic E-state index is 13.1. The van der Waals surface area contributed by atoms with Gasteiger partial charge in [-0.1, -0.05) is 12.1 Å². The molecule has 0 fully saturated rings. The molecule has 0 atom stereocenters. The minimum Gasteiger partial charge on any atom is -0.349 e. The number of amides is 2. The average molecular weight is 318 g/mol. The van der Waals surface area contributed by atoms with Gasteiger partial charge in [-0.3, -0.25) is 9.59 Å². The number of likely N-dealkylation sites (N-methyl/N-ethyl adjacent to an activating group) is 1. The van der Waals surface area contributed by atoms with Crippen LogP contribution < -0.4 is 5.32 Å². The molecule has 0 aliphatic rings. The Balaban J connectivity index is 2.04. The van der Waals surface area contributed by atoms with Crippen molar-refractivity contribution in [1.82, 2.24) is 4.90 Å². The lowest BCUT2D eigenvalue weighted by Gasteiger charge is -2.10. The van der Waals surface area contributed by atoms with Crippen LogP contribution in [0.1, 0.15) is 15.9 Å². The first-order valence-corrected chi connectivity index (χ1v) is 6.92. The first kappa shape index (κ1) is 16.6. The molecule has 0 heterocycles. The lowest BCUT2D eigenvalue weighted by molar-refractivity contribution is -0.127. The quantitative estimate of drug-likeness (QED) is 0.942. The second-order valence-corrected chi connectivity index (χ2v) is 5.24. The molecule has 0 saturated heterocycles. The fraction of sp³-hybridized carbons (Fsp3) is 0.176. The number of benzene rings is 2. The molecule has 2 rings (SSSR count). The Morgan fingerprint density at radius 2 is 1.65 bits per heavy atom. The summed E-state index contributed by atoms with van der Waals surface area (Å²) in [6, 6.07) is 9.70. The van der Waals surface area contributed by atoms with Crippen molar-refractivity contribution in [2.24, 2.45) is 0 Å². The molecule has 6 heteroatoms. The maximum Gasteiger partial charge on any atom is 0.255 e. The fourth-order valence-electron chi connectivity index (χ4n) is 1.88. The third-order valence-corrected chi connectivity index (χ3v) is 3.25.